The van der Waals surface area contributed by atoms with Gasteiger partial charge < -0.3 is 19.7 Å². The molecular weight excluding hydrogens is 374 g/mol. The molecule has 0 radical (unpaired) electrons. The Bertz CT molecular complexity index is 973. The minimum absolute atomic E-state index is 0.107. The number of para-hydroxylation sites is 1. The molecule has 0 aliphatic rings. The van der Waals surface area contributed by atoms with Crippen LogP contribution in [0, 0.1) is 0 Å². The van der Waals surface area contributed by atoms with Gasteiger partial charge in [-0.2, -0.15) is 4.98 Å². The van der Waals surface area contributed by atoms with Crippen LogP contribution >= 0.6 is 11.6 Å². The number of ether oxygens (including phenoxy) is 2. The van der Waals surface area contributed by atoms with Gasteiger partial charge >= 0.3 is 5.97 Å². The summed E-state index contributed by atoms with van der Waals surface area (Å²) < 4.78 is 15.3. The van der Waals surface area contributed by atoms with E-state index >= 15 is 0 Å². The Hall–Kier alpha value is -3.39. The highest BCUT2D eigenvalue weighted by atomic mass is 35.5. The molecule has 8 nitrogen and oxygen atoms in total. The smallest absolute Gasteiger partial charge is 0.344 e. The summed E-state index contributed by atoms with van der Waals surface area (Å²) in [6, 6.07) is 13.3. The van der Waals surface area contributed by atoms with E-state index in [1.165, 1.54) is 12.1 Å². The molecule has 0 saturated carbocycles. The van der Waals surface area contributed by atoms with Crippen molar-refractivity contribution in [2.45, 2.75) is 6.61 Å². The second-order valence-electron chi connectivity index (χ2n) is 5.30. The van der Waals surface area contributed by atoms with Crippen molar-refractivity contribution >= 4 is 23.5 Å². The van der Waals surface area contributed by atoms with Crippen LogP contribution in [0.1, 0.15) is 16.2 Å². The molecule has 1 heterocycles. The van der Waals surface area contributed by atoms with Gasteiger partial charge in [0.1, 0.15) is 5.75 Å². The lowest BCUT2D eigenvalue weighted by Crippen LogP contribution is -2.18. The van der Waals surface area contributed by atoms with Gasteiger partial charge in [-0.15, -0.1) is 0 Å². The summed E-state index contributed by atoms with van der Waals surface area (Å²) in [6.45, 7) is -0.632. The summed E-state index contributed by atoms with van der Waals surface area (Å²) in [5.41, 5.74) is 6.02. The van der Waals surface area contributed by atoms with Crippen molar-refractivity contribution in [1.29, 1.82) is 0 Å². The molecule has 138 valence electrons. The fourth-order valence-corrected chi connectivity index (χ4v) is 2.40. The summed E-state index contributed by atoms with van der Waals surface area (Å²) in [7, 11) is 0. The molecule has 1 aromatic heterocycles. The Labute approximate surface area is 158 Å². The summed E-state index contributed by atoms with van der Waals surface area (Å²) in [4.78, 5) is 27.3. The summed E-state index contributed by atoms with van der Waals surface area (Å²) >= 11 is 6.07. The van der Waals surface area contributed by atoms with E-state index in [0.717, 1.165) is 0 Å². The van der Waals surface area contributed by atoms with Crippen molar-refractivity contribution in [2.24, 2.45) is 5.73 Å². The van der Waals surface area contributed by atoms with E-state index < -0.39 is 18.5 Å². The van der Waals surface area contributed by atoms with Crippen molar-refractivity contribution in [3.63, 3.8) is 0 Å². The van der Waals surface area contributed by atoms with Crippen LogP contribution in [0.15, 0.2) is 53.1 Å². The molecule has 2 aromatic carbocycles. The number of amides is 1. The molecule has 0 spiro atoms. The minimum Gasteiger partial charge on any atom is -0.481 e. The van der Waals surface area contributed by atoms with Crippen LogP contribution in [0.25, 0.3) is 11.4 Å². The number of rotatable bonds is 7. The maximum Gasteiger partial charge on any atom is 0.344 e. The van der Waals surface area contributed by atoms with E-state index in [-0.39, 0.29) is 23.8 Å². The molecule has 1 amide bonds. The molecule has 0 aliphatic heterocycles. The lowest BCUT2D eigenvalue weighted by atomic mass is 10.2. The van der Waals surface area contributed by atoms with Gasteiger partial charge in [0.15, 0.2) is 13.2 Å². The maximum absolute atomic E-state index is 11.8. The number of hydrogen-bond acceptors (Lipinski definition) is 7. The first-order valence-corrected chi connectivity index (χ1v) is 8.17. The highest BCUT2D eigenvalue weighted by Crippen LogP contribution is 2.25. The van der Waals surface area contributed by atoms with Crippen molar-refractivity contribution < 1.29 is 23.6 Å². The molecule has 0 bridgehead atoms. The molecule has 2 N–H and O–H groups in total. The number of benzene rings is 2. The summed E-state index contributed by atoms with van der Waals surface area (Å²) in [5.74, 6) is -0.737. The molecule has 9 heteroatoms. The Morgan fingerprint density at radius 3 is 2.63 bits per heavy atom. The number of nitrogens with zero attached hydrogens (tertiary/aromatic N) is 2. The molecule has 0 atom stereocenters. The van der Waals surface area contributed by atoms with E-state index in [9.17, 15) is 9.59 Å². The highest BCUT2D eigenvalue weighted by molar-refractivity contribution is 6.33. The average Bonchev–Trinajstić information content (AvgIpc) is 3.14. The van der Waals surface area contributed by atoms with Gasteiger partial charge in [0.25, 0.3) is 11.8 Å². The number of halogens is 1. The molecule has 0 aliphatic carbocycles. The SMILES string of the molecule is NC(=O)c1ccccc1OCC(=O)OCc1nc(-c2ccccc2Cl)no1. The molecule has 27 heavy (non-hydrogen) atoms. The molecule has 0 unspecified atom stereocenters. The van der Waals surface area contributed by atoms with Gasteiger partial charge in [-0.3, -0.25) is 4.79 Å². The number of carbonyl (C=O) groups is 2. The van der Waals surface area contributed by atoms with E-state index in [4.69, 9.17) is 31.3 Å². The topological polar surface area (TPSA) is 118 Å². The van der Waals surface area contributed by atoms with Crippen LogP contribution in [0.4, 0.5) is 0 Å². The highest BCUT2D eigenvalue weighted by Gasteiger charge is 2.14. The van der Waals surface area contributed by atoms with Crippen LogP contribution in [0.2, 0.25) is 5.02 Å². The largest absolute Gasteiger partial charge is 0.481 e. The molecule has 3 rings (SSSR count). The van der Waals surface area contributed by atoms with E-state index in [1.54, 1.807) is 36.4 Å². The number of hydrogen-bond donors (Lipinski definition) is 1. The van der Waals surface area contributed by atoms with Crippen molar-refractivity contribution in [2.75, 3.05) is 6.61 Å². The molecule has 0 saturated heterocycles. The molecular formula is C18H14ClN3O5. The van der Waals surface area contributed by atoms with Crippen molar-refractivity contribution in [3.05, 3.63) is 65.0 Å². The van der Waals surface area contributed by atoms with E-state index in [2.05, 4.69) is 10.1 Å². The zero-order valence-electron chi connectivity index (χ0n) is 13.9. The number of esters is 1. The normalized spacial score (nSPS) is 10.4. The first-order chi connectivity index (χ1) is 13.0. The predicted octanol–water partition coefficient (Wildman–Crippen LogP) is 2.61. The third-order valence-electron chi connectivity index (χ3n) is 3.44. The predicted molar refractivity (Wildman–Crippen MR) is 95.0 cm³/mol. The monoisotopic (exact) mass is 387 g/mol. The van der Waals surface area contributed by atoms with Gasteiger partial charge in [0, 0.05) is 5.56 Å². The van der Waals surface area contributed by atoms with Gasteiger partial charge in [-0.1, -0.05) is 41.0 Å². The Balaban J connectivity index is 1.55. The van der Waals surface area contributed by atoms with E-state index in [1.807, 2.05) is 0 Å². The molecule has 0 fully saturated rings. The van der Waals surface area contributed by atoms with Gasteiger partial charge in [-0.25, -0.2) is 4.79 Å². The van der Waals surface area contributed by atoms with Crippen molar-refractivity contribution in [3.8, 4) is 17.1 Å². The van der Waals surface area contributed by atoms with Crippen LogP contribution in [0.3, 0.4) is 0 Å². The minimum atomic E-state index is -0.674. The Kier molecular flexibility index (Phi) is 5.68. The van der Waals surface area contributed by atoms with Crippen LogP contribution in [0.5, 0.6) is 5.75 Å². The number of aromatic nitrogens is 2. The number of carbonyl (C=O) groups excluding carboxylic acids is 2. The first-order valence-electron chi connectivity index (χ1n) is 7.79. The fraction of sp³-hybridized carbons (Fsp3) is 0.111. The zero-order chi connectivity index (χ0) is 19.2. The Morgan fingerprint density at radius 2 is 1.85 bits per heavy atom. The number of nitrogens with two attached hydrogens (primary N) is 1. The maximum atomic E-state index is 11.8. The lowest BCUT2D eigenvalue weighted by Gasteiger charge is -2.08. The lowest BCUT2D eigenvalue weighted by molar-refractivity contribution is -0.148. The standard InChI is InChI=1S/C18H14ClN3O5/c19-13-7-3-1-5-11(13)18-21-15(27-22-18)9-26-16(23)10-25-14-8-4-2-6-12(14)17(20)24/h1-8H,9-10H2,(H2,20,24). The van der Waals surface area contributed by atoms with Gasteiger partial charge in [0.05, 0.1) is 10.6 Å². The first kappa shape index (κ1) is 18.4. The third kappa shape index (κ3) is 4.62. The van der Waals surface area contributed by atoms with Crippen LogP contribution in [-0.2, 0) is 16.1 Å². The Morgan fingerprint density at radius 1 is 1.11 bits per heavy atom. The van der Waals surface area contributed by atoms with Crippen molar-refractivity contribution in [1.82, 2.24) is 10.1 Å². The third-order valence-corrected chi connectivity index (χ3v) is 3.77. The number of primary amides is 1. The van der Waals surface area contributed by atoms with Gasteiger partial charge in [0.2, 0.25) is 5.82 Å². The fourth-order valence-electron chi connectivity index (χ4n) is 2.18. The van der Waals surface area contributed by atoms with Crippen LogP contribution in [-0.4, -0.2) is 28.6 Å². The zero-order valence-corrected chi connectivity index (χ0v) is 14.7. The average molecular weight is 388 g/mol. The van der Waals surface area contributed by atoms with Gasteiger partial charge in [-0.05, 0) is 24.3 Å². The second kappa shape index (κ2) is 8.33. The summed E-state index contributed by atoms with van der Waals surface area (Å²) in [6.07, 6.45) is 0. The second-order valence-corrected chi connectivity index (χ2v) is 5.71. The van der Waals surface area contributed by atoms with Crippen LogP contribution < -0.4 is 10.5 Å². The van der Waals surface area contributed by atoms with E-state index in [0.29, 0.717) is 16.4 Å². The summed E-state index contributed by atoms with van der Waals surface area (Å²) in [5, 5.41) is 4.28. The quantitative estimate of drug-likeness (QED) is 0.619. The molecule has 3 aromatic rings.